The number of anilines is 1. The van der Waals surface area contributed by atoms with E-state index in [-0.39, 0.29) is 0 Å². The first kappa shape index (κ1) is 19.9. The maximum atomic E-state index is 4.87. The Kier molecular flexibility index (Phi) is 5.95. The molecule has 1 aliphatic carbocycles. The van der Waals surface area contributed by atoms with Crippen LogP contribution in [0.1, 0.15) is 69.8 Å². The average Bonchev–Trinajstić information content (AvgIpc) is 3.45. The zero-order valence-electron chi connectivity index (χ0n) is 17.8. The van der Waals surface area contributed by atoms with Crippen LogP contribution in [-0.4, -0.2) is 51.4 Å². The number of piperazine rings is 1. The molecule has 2 aromatic heterocycles. The Hall–Kier alpha value is -2.06. The van der Waals surface area contributed by atoms with Crippen LogP contribution in [0.4, 0.5) is 5.13 Å². The standard InChI is InChI=1S/C22H31N7S/c1-2-8-19(21-24-25-26-29(21)17-9-4-3-5-10-17)27-13-15-28(16-14-27)22-23-18-11-6-7-12-20(18)30-22/h6-7,11-12,17,19H,2-5,8-10,13-16H2,1H3/p+1/t19-/m1/s1. The van der Waals surface area contributed by atoms with E-state index in [1.807, 2.05) is 11.3 Å². The molecule has 30 heavy (non-hydrogen) atoms. The molecule has 160 valence electrons. The molecule has 1 atom stereocenters. The molecule has 1 saturated carbocycles. The van der Waals surface area contributed by atoms with Crippen molar-refractivity contribution in [1.82, 2.24) is 25.2 Å². The Morgan fingerprint density at radius 3 is 2.70 bits per heavy atom. The topological polar surface area (TPSA) is 64.2 Å². The molecule has 0 unspecified atom stereocenters. The lowest BCUT2D eigenvalue weighted by Gasteiger charge is -2.36. The number of nitrogens with one attached hydrogen (secondary N) is 1. The highest BCUT2D eigenvalue weighted by Gasteiger charge is 2.34. The highest BCUT2D eigenvalue weighted by molar-refractivity contribution is 7.22. The summed E-state index contributed by atoms with van der Waals surface area (Å²) < 4.78 is 3.46. The van der Waals surface area contributed by atoms with E-state index in [1.165, 1.54) is 36.8 Å². The summed E-state index contributed by atoms with van der Waals surface area (Å²) in [6.45, 7) is 6.58. The third kappa shape index (κ3) is 3.95. The molecule has 0 bridgehead atoms. The van der Waals surface area contributed by atoms with Crippen molar-refractivity contribution < 1.29 is 4.90 Å². The van der Waals surface area contributed by atoms with Crippen LogP contribution in [0, 0.1) is 0 Å². The van der Waals surface area contributed by atoms with Gasteiger partial charge >= 0.3 is 0 Å². The summed E-state index contributed by atoms with van der Waals surface area (Å²) in [7, 11) is 0. The third-order valence-electron chi connectivity index (χ3n) is 6.78. The van der Waals surface area contributed by atoms with E-state index >= 15 is 0 Å². The van der Waals surface area contributed by atoms with Crippen molar-refractivity contribution in [2.24, 2.45) is 0 Å². The first-order valence-corrected chi connectivity index (χ1v) is 12.4. The number of para-hydroxylation sites is 1. The van der Waals surface area contributed by atoms with E-state index in [0.717, 1.165) is 55.5 Å². The minimum absolute atomic E-state index is 0.393. The van der Waals surface area contributed by atoms with Crippen molar-refractivity contribution in [3.8, 4) is 0 Å². The normalized spacial score (nSPS) is 20.1. The van der Waals surface area contributed by atoms with Gasteiger partial charge in [0.25, 0.3) is 0 Å². The summed E-state index contributed by atoms with van der Waals surface area (Å²) in [4.78, 5) is 8.95. The maximum Gasteiger partial charge on any atom is 0.209 e. The number of rotatable bonds is 6. The Balaban J connectivity index is 1.30. The van der Waals surface area contributed by atoms with Gasteiger partial charge in [-0.1, -0.05) is 56.1 Å². The van der Waals surface area contributed by atoms with Gasteiger partial charge in [-0.15, -0.1) is 5.10 Å². The quantitative estimate of drug-likeness (QED) is 0.656. The van der Waals surface area contributed by atoms with Crippen molar-refractivity contribution in [2.45, 2.75) is 64.0 Å². The second-order valence-corrected chi connectivity index (χ2v) is 9.73. The average molecular weight is 427 g/mol. The minimum atomic E-state index is 0.393. The van der Waals surface area contributed by atoms with Gasteiger partial charge in [-0.3, -0.25) is 0 Å². The Bertz CT molecular complexity index is 920. The highest BCUT2D eigenvalue weighted by Crippen LogP contribution is 2.30. The van der Waals surface area contributed by atoms with Crippen molar-refractivity contribution in [2.75, 3.05) is 31.1 Å². The number of benzene rings is 1. The second-order valence-electron chi connectivity index (χ2n) is 8.72. The molecule has 0 radical (unpaired) electrons. The predicted octanol–water partition coefficient (Wildman–Crippen LogP) is 3.03. The molecule has 2 aliphatic rings. The fourth-order valence-corrected chi connectivity index (χ4v) is 6.17. The lowest BCUT2D eigenvalue weighted by Crippen LogP contribution is -3.15. The van der Waals surface area contributed by atoms with E-state index in [9.17, 15) is 0 Å². The highest BCUT2D eigenvalue weighted by atomic mass is 32.1. The lowest BCUT2D eigenvalue weighted by atomic mass is 9.95. The van der Waals surface area contributed by atoms with Crippen LogP contribution in [0.3, 0.4) is 0 Å². The van der Waals surface area contributed by atoms with Crippen LogP contribution in [0.5, 0.6) is 0 Å². The summed E-state index contributed by atoms with van der Waals surface area (Å²) in [5, 5.41) is 14.3. The number of thiazole rings is 1. The van der Waals surface area contributed by atoms with E-state index in [2.05, 4.69) is 56.3 Å². The summed E-state index contributed by atoms with van der Waals surface area (Å²) in [6, 6.07) is 9.33. The van der Waals surface area contributed by atoms with Crippen LogP contribution in [-0.2, 0) is 0 Å². The van der Waals surface area contributed by atoms with Gasteiger partial charge < -0.3 is 9.80 Å². The molecule has 3 aromatic rings. The molecule has 1 saturated heterocycles. The summed E-state index contributed by atoms with van der Waals surface area (Å²) >= 11 is 1.81. The minimum Gasteiger partial charge on any atom is -0.337 e. The molecule has 5 rings (SSSR count). The molecule has 0 spiro atoms. The number of tetrazole rings is 1. The van der Waals surface area contributed by atoms with Gasteiger partial charge in [0.2, 0.25) is 5.82 Å². The smallest absolute Gasteiger partial charge is 0.209 e. The summed E-state index contributed by atoms with van der Waals surface area (Å²) in [5.74, 6) is 1.12. The van der Waals surface area contributed by atoms with Crippen molar-refractivity contribution in [3.63, 3.8) is 0 Å². The van der Waals surface area contributed by atoms with Gasteiger partial charge in [-0.05, 0) is 35.4 Å². The number of hydrogen-bond donors (Lipinski definition) is 1. The first-order chi connectivity index (χ1) is 14.8. The molecule has 0 amide bonds. The van der Waals surface area contributed by atoms with E-state index in [4.69, 9.17) is 4.98 Å². The SMILES string of the molecule is CCC[C@H](c1nnnn1C1CCCCC1)[NH+]1CCN(c2nc3ccccc3s2)CC1. The number of hydrogen-bond acceptors (Lipinski definition) is 6. The molecule has 7 nitrogen and oxygen atoms in total. The van der Waals surface area contributed by atoms with Gasteiger partial charge in [-0.25, -0.2) is 9.67 Å². The molecule has 1 aromatic carbocycles. The largest absolute Gasteiger partial charge is 0.337 e. The summed E-state index contributed by atoms with van der Waals surface area (Å²) in [5.41, 5.74) is 1.11. The molecule has 8 heteroatoms. The number of quaternary nitrogens is 1. The monoisotopic (exact) mass is 426 g/mol. The summed E-state index contributed by atoms with van der Waals surface area (Å²) in [6.07, 6.45) is 8.70. The van der Waals surface area contributed by atoms with Gasteiger partial charge in [0.05, 0.1) is 42.4 Å². The fraction of sp³-hybridized carbons (Fsp3) is 0.636. The van der Waals surface area contributed by atoms with Crippen LogP contribution in [0.15, 0.2) is 24.3 Å². The zero-order valence-corrected chi connectivity index (χ0v) is 18.7. The predicted molar refractivity (Wildman–Crippen MR) is 120 cm³/mol. The Labute approximate surface area is 182 Å². The van der Waals surface area contributed by atoms with Crippen LogP contribution in [0.25, 0.3) is 10.2 Å². The number of fused-ring (bicyclic) bond motifs is 1. The van der Waals surface area contributed by atoms with Crippen molar-refractivity contribution >= 4 is 26.7 Å². The maximum absolute atomic E-state index is 4.87. The van der Waals surface area contributed by atoms with Crippen molar-refractivity contribution in [1.29, 1.82) is 0 Å². The number of nitrogens with zero attached hydrogens (tertiary/aromatic N) is 6. The molecule has 1 N–H and O–H groups in total. The van der Waals surface area contributed by atoms with Crippen LogP contribution >= 0.6 is 11.3 Å². The molecular weight excluding hydrogens is 394 g/mol. The molecule has 2 fully saturated rings. The van der Waals surface area contributed by atoms with Gasteiger partial charge in [0, 0.05) is 6.42 Å². The Morgan fingerprint density at radius 1 is 1.13 bits per heavy atom. The van der Waals surface area contributed by atoms with Crippen LogP contribution in [0.2, 0.25) is 0 Å². The van der Waals surface area contributed by atoms with Crippen LogP contribution < -0.4 is 9.80 Å². The van der Waals surface area contributed by atoms with E-state index in [1.54, 1.807) is 4.90 Å². The van der Waals surface area contributed by atoms with Gasteiger partial charge in [0.1, 0.15) is 6.04 Å². The lowest BCUT2D eigenvalue weighted by molar-refractivity contribution is -0.933. The molecular formula is C22H32N7S+. The first-order valence-electron chi connectivity index (χ1n) is 11.6. The zero-order chi connectivity index (χ0) is 20.3. The fourth-order valence-electron chi connectivity index (χ4n) is 5.15. The molecule has 1 aliphatic heterocycles. The van der Waals surface area contributed by atoms with E-state index in [0.29, 0.717) is 12.1 Å². The third-order valence-corrected chi connectivity index (χ3v) is 7.88. The van der Waals surface area contributed by atoms with E-state index < -0.39 is 0 Å². The second kappa shape index (κ2) is 8.98. The Morgan fingerprint density at radius 2 is 1.93 bits per heavy atom. The number of aromatic nitrogens is 5. The van der Waals surface area contributed by atoms with Crippen molar-refractivity contribution in [3.05, 3.63) is 30.1 Å². The van der Waals surface area contributed by atoms with Gasteiger partial charge in [-0.2, -0.15) is 0 Å². The molecule has 3 heterocycles. The van der Waals surface area contributed by atoms with Gasteiger partial charge in [0.15, 0.2) is 5.13 Å².